The van der Waals surface area contributed by atoms with Gasteiger partial charge in [-0.3, -0.25) is 9.59 Å². The molecule has 0 radical (unpaired) electrons. The van der Waals surface area contributed by atoms with Crippen LogP contribution in [-0.2, 0) is 20.7 Å². The van der Waals surface area contributed by atoms with E-state index < -0.39 is 5.41 Å². The molecular weight excluding hydrogens is 396 g/mol. The van der Waals surface area contributed by atoms with Crippen LogP contribution in [0.2, 0.25) is 0 Å². The molecule has 1 aliphatic heterocycles. The molecule has 0 bridgehead atoms. The molecule has 5 nitrogen and oxygen atoms in total. The standard InChI is InChI=1S/C24H30N2O3S/c1-3-29-23(28)24(14-7-11-20-9-5-4-6-10-20)15-8-16-26(17-24)22(27)13-12-21-19(2)25-18-30-21/h4-7,9-11,18H,3,8,12-17H2,1-2H3. The van der Waals surface area contributed by atoms with Crippen LogP contribution in [0.15, 0.2) is 41.9 Å². The molecule has 2 aromatic rings. The molecule has 6 heteroatoms. The van der Waals surface area contributed by atoms with Gasteiger partial charge in [0.25, 0.3) is 0 Å². The smallest absolute Gasteiger partial charge is 0.314 e. The highest BCUT2D eigenvalue weighted by Gasteiger charge is 2.43. The number of benzene rings is 1. The maximum absolute atomic E-state index is 12.9. The highest BCUT2D eigenvalue weighted by atomic mass is 32.1. The molecule has 1 fully saturated rings. The van der Waals surface area contributed by atoms with Gasteiger partial charge in [-0.15, -0.1) is 11.3 Å². The molecule has 2 heterocycles. The number of carbonyl (C=O) groups excluding carboxylic acids is 2. The monoisotopic (exact) mass is 426 g/mol. The molecule has 0 saturated carbocycles. The van der Waals surface area contributed by atoms with Crippen LogP contribution in [0.4, 0.5) is 0 Å². The van der Waals surface area contributed by atoms with Gasteiger partial charge < -0.3 is 9.64 Å². The van der Waals surface area contributed by atoms with Gasteiger partial charge in [0.1, 0.15) is 0 Å². The summed E-state index contributed by atoms with van der Waals surface area (Å²) >= 11 is 1.59. The lowest BCUT2D eigenvalue weighted by molar-refractivity contribution is -0.160. The maximum atomic E-state index is 12.9. The first-order valence-electron chi connectivity index (χ1n) is 10.6. The highest BCUT2D eigenvalue weighted by molar-refractivity contribution is 7.09. The van der Waals surface area contributed by atoms with E-state index in [1.165, 1.54) is 0 Å². The molecule has 0 aliphatic carbocycles. The second-order valence-electron chi connectivity index (χ2n) is 7.80. The van der Waals surface area contributed by atoms with Gasteiger partial charge in [-0.2, -0.15) is 0 Å². The van der Waals surface area contributed by atoms with Crippen molar-refractivity contribution in [1.29, 1.82) is 0 Å². The fourth-order valence-corrected chi connectivity index (χ4v) is 4.76. The number of allylic oxidation sites excluding steroid dienone is 1. The topological polar surface area (TPSA) is 59.5 Å². The van der Waals surface area contributed by atoms with E-state index >= 15 is 0 Å². The zero-order valence-electron chi connectivity index (χ0n) is 17.8. The Morgan fingerprint density at radius 2 is 2.10 bits per heavy atom. The predicted octanol–water partition coefficient (Wildman–Crippen LogP) is 4.66. The number of thiazole rings is 1. The quantitative estimate of drug-likeness (QED) is 0.576. The minimum atomic E-state index is -0.671. The number of hydrogen-bond donors (Lipinski definition) is 0. The molecule has 1 atom stereocenters. The van der Waals surface area contributed by atoms with Crippen LogP contribution in [-0.4, -0.2) is 41.5 Å². The number of likely N-dealkylation sites (tertiary alicyclic amines) is 1. The summed E-state index contributed by atoms with van der Waals surface area (Å²) < 4.78 is 5.43. The van der Waals surface area contributed by atoms with E-state index in [0.717, 1.165) is 29.0 Å². The third-order valence-corrected chi connectivity index (χ3v) is 6.66. The molecule has 3 rings (SSSR count). The third kappa shape index (κ3) is 5.57. The van der Waals surface area contributed by atoms with E-state index in [2.05, 4.69) is 4.98 Å². The summed E-state index contributed by atoms with van der Waals surface area (Å²) in [6.07, 6.45) is 7.34. The van der Waals surface area contributed by atoms with Crippen LogP contribution in [0, 0.1) is 12.3 Å². The molecule has 1 aliphatic rings. The Morgan fingerprint density at radius 1 is 1.30 bits per heavy atom. The largest absolute Gasteiger partial charge is 0.466 e. The summed E-state index contributed by atoms with van der Waals surface area (Å²) in [5, 5.41) is 0. The summed E-state index contributed by atoms with van der Waals surface area (Å²) in [6.45, 7) is 5.27. The summed E-state index contributed by atoms with van der Waals surface area (Å²) in [6, 6.07) is 10.0. The lowest BCUT2D eigenvalue weighted by Gasteiger charge is -2.40. The summed E-state index contributed by atoms with van der Waals surface area (Å²) in [4.78, 5) is 33.1. The Bertz CT molecular complexity index is 878. The van der Waals surface area contributed by atoms with Crippen LogP contribution in [0.1, 0.15) is 48.7 Å². The number of aryl methyl sites for hydroxylation is 2. The van der Waals surface area contributed by atoms with Crippen LogP contribution in [0.5, 0.6) is 0 Å². The number of rotatable bonds is 8. The van der Waals surface area contributed by atoms with E-state index in [4.69, 9.17) is 4.74 Å². The number of ether oxygens (including phenoxy) is 1. The summed E-state index contributed by atoms with van der Waals surface area (Å²) in [7, 11) is 0. The zero-order valence-corrected chi connectivity index (χ0v) is 18.6. The van der Waals surface area contributed by atoms with Crippen LogP contribution in [0.25, 0.3) is 6.08 Å². The Kier molecular flexibility index (Phi) is 7.80. The first-order chi connectivity index (χ1) is 14.5. The summed E-state index contributed by atoms with van der Waals surface area (Å²) in [5.41, 5.74) is 3.25. The Balaban J connectivity index is 1.68. The van der Waals surface area contributed by atoms with Crippen molar-refractivity contribution in [2.45, 2.75) is 46.0 Å². The normalized spacial score (nSPS) is 19.2. The van der Waals surface area contributed by atoms with Crippen molar-refractivity contribution in [3.8, 4) is 0 Å². The van der Waals surface area contributed by atoms with E-state index in [9.17, 15) is 9.59 Å². The Labute approximate surface area is 182 Å². The number of hydrogen-bond acceptors (Lipinski definition) is 5. The molecule has 1 unspecified atom stereocenters. The molecular formula is C24H30N2O3S. The molecule has 30 heavy (non-hydrogen) atoms. The second-order valence-corrected chi connectivity index (χ2v) is 8.74. The maximum Gasteiger partial charge on any atom is 0.314 e. The van der Waals surface area contributed by atoms with Crippen molar-refractivity contribution in [3.05, 3.63) is 58.1 Å². The van der Waals surface area contributed by atoms with E-state index in [1.54, 1.807) is 11.3 Å². The number of carbonyl (C=O) groups is 2. The van der Waals surface area contributed by atoms with Crippen molar-refractivity contribution in [2.75, 3.05) is 19.7 Å². The molecule has 1 aromatic heterocycles. The van der Waals surface area contributed by atoms with Gasteiger partial charge >= 0.3 is 5.97 Å². The van der Waals surface area contributed by atoms with Crippen LogP contribution in [0.3, 0.4) is 0 Å². The van der Waals surface area contributed by atoms with Crippen molar-refractivity contribution < 1.29 is 14.3 Å². The minimum absolute atomic E-state index is 0.100. The van der Waals surface area contributed by atoms with Crippen molar-refractivity contribution >= 4 is 29.3 Å². The number of piperidine rings is 1. The number of amides is 1. The molecule has 1 aromatic carbocycles. The minimum Gasteiger partial charge on any atom is -0.466 e. The SMILES string of the molecule is CCOC(=O)C1(CC=Cc2ccccc2)CCCN(C(=O)CCc2scnc2C)C1. The van der Waals surface area contributed by atoms with Crippen molar-refractivity contribution in [2.24, 2.45) is 5.41 Å². The average molecular weight is 427 g/mol. The van der Waals surface area contributed by atoms with Gasteiger partial charge in [0, 0.05) is 24.4 Å². The number of esters is 1. The average Bonchev–Trinajstić information content (AvgIpc) is 3.18. The van der Waals surface area contributed by atoms with Gasteiger partial charge in [0.05, 0.1) is 23.2 Å². The molecule has 0 N–H and O–H groups in total. The van der Waals surface area contributed by atoms with E-state index in [1.807, 2.05) is 66.7 Å². The first-order valence-corrected chi connectivity index (χ1v) is 11.5. The van der Waals surface area contributed by atoms with Gasteiger partial charge in [-0.25, -0.2) is 4.98 Å². The van der Waals surface area contributed by atoms with E-state index in [-0.39, 0.29) is 11.9 Å². The molecule has 0 spiro atoms. The number of nitrogens with zero attached hydrogens (tertiary/aromatic N) is 2. The lowest BCUT2D eigenvalue weighted by Crippen LogP contribution is -2.50. The predicted molar refractivity (Wildman–Crippen MR) is 120 cm³/mol. The first kappa shape index (κ1) is 22.2. The van der Waals surface area contributed by atoms with Crippen molar-refractivity contribution in [1.82, 2.24) is 9.88 Å². The van der Waals surface area contributed by atoms with Crippen LogP contribution < -0.4 is 0 Å². The second kappa shape index (κ2) is 10.5. The summed E-state index contributed by atoms with van der Waals surface area (Å²) in [5.74, 6) is -0.0956. The highest BCUT2D eigenvalue weighted by Crippen LogP contribution is 2.36. The van der Waals surface area contributed by atoms with Gasteiger partial charge in [-0.05, 0) is 45.1 Å². The van der Waals surface area contributed by atoms with Gasteiger partial charge in [-0.1, -0.05) is 42.5 Å². The van der Waals surface area contributed by atoms with Gasteiger partial charge in [0.15, 0.2) is 0 Å². The zero-order chi connectivity index (χ0) is 21.4. The fraction of sp³-hybridized carbons (Fsp3) is 0.458. The Hall–Kier alpha value is -2.47. The van der Waals surface area contributed by atoms with Crippen LogP contribution >= 0.6 is 11.3 Å². The third-order valence-electron chi connectivity index (χ3n) is 5.67. The Morgan fingerprint density at radius 3 is 2.80 bits per heavy atom. The molecule has 1 saturated heterocycles. The molecule has 160 valence electrons. The molecule has 1 amide bonds. The lowest BCUT2D eigenvalue weighted by atomic mass is 9.76. The van der Waals surface area contributed by atoms with Gasteiger partial charge in [0.2, 0.25) is 5.91 Å². The van der Waals surface area contributed by atoms with Crippen molar-refractivity contribution in [3.63, 3.8) is 0 Å². The number of aromatic nitrogens is 1. The van der Waals surface area contributed by atoms with E-state index in [0.29, 0.717) is 39.0 Å². The fourth-order valence-electron chi connectivity index (χ4n) is 3.97.